The first-order valence-corrected chi connectivity index (χ1v) is 5.83. The van der Waals surface area contributed by atoms with Crippen LogP contribution < -0.4 is 10.6 Å². The van der Waals surface area contributed by atoms with Crippen LogP contribution in [0.4, 0.5) is 0 Å². The van der Waals surface area contributed by atoms with Crippen LogP contribution in [0.3, 0.4) is 0 Å². The maximum absolute atomic E-state index is 10.8. The number of carbonyl (C=O) groups is 3. The highest BCUT2D eigenvalue weighted by atomic mass is 35.5. The molecule has 0 radical (unpaired) electrons. The second-order valence-corrected chi connectivity index (χ2v) is 3.84. The van der Waals surface area contributed by atoms with Crippen LogP contribution in [0.25, 0.3) is 0 Å². The van der Waals surface area contributed by atoms with Gasteiger partial charge in [0.15, 0.2) is 0 Å². The predicted octanol–water partition coefficient (Wildman–Crippen LogP) is 0.101. The largest absolute Gasteiger partial charge is 0.480 e. The number of aliphatic carboxylic acids is 1. The standard InChI is InChI=1S/C10H17ClN2O4/c1-7(14)13-8(10(16)17)4-2-3-5-12-9(15)6-11/h8H,2-6H2,1H3,(H,12,15)(H,13,14)(H,16,17). The van der Waals surface area contributed by atoms with Crippen molar-refractivity contribution in [2.75, 3.05) is 12.4 Å². The third-order valence-electron chi connectivity index (χ3n) is 2.04. The van der Waals surface area contributed by atoms with E-state index < -0.39 is 12.0 Å². The van der Waals surface area contributed by atoms with E-state index >= 15 is 0 Å². The lowest BCUT2D eigenvalue weighted by Crippen LogP contribution is -2.39. The van der Waals surface area contributed by atoms with Crippen LogP contribution in [-0.4, -0.2) is 41.4 Å². The Labute approximate surface area is 105 Å². The molecule has 2 amide bonds. The van der Waals surface area contributed by atoms with Crippen molar-refractivity contribution in [3.05, 3.63) is 0 Å². The van der Waals surface area contributed by atoms with E-state index in [0.29, 0.717) is 25.8 Å². The molecule has 1 unspecified atom stereocenters. The fourth-order valence-corrected chi connectivity index (χ4v) is 1.35. The van der Waals surface area contributed by atoms with Crippen LogP contribution in [0.15, 0.2) is 0 Å². The van der Waals surface area contributed by atoms with Gasteiger partial charge in [0.25, 0.3) is 0 Å². The van der Waals surface area contributed by atoms with E-state index in [0.717, 1.165) is 0 Å². The molecule has 0 spiro atoms. The molecular formula is C10H17ClN2O4. The molecule has 0 aromatic heterocycles. The number of unbranched alkanes of at least 4 members (excludes halogenated alkanes) is 1. The van der Waals surface area contributed by atoms with Crippen LogP contribution in [0, 0.1) is 0 Å². The molecule has 3 N–H and O–H groups in total. The fraction of sp³-hybridized carbons (Fsp3) is 0.700. The molecule has 0 heterocycles. The minimum absolute atomic E-state index is 0.0797. The molecular weight excluding hydrogens is 248 g/mol. The van der Waals surface area contributed by atoms with Crippen molar-refractivity contribution in [3.8, 4) is 0 Å². The summed E-state index contributed by atoms with van der Waals surface area (Å²) in [4.78, 5) is 32.2. The number of carbonyl (C=O) groups excluding carboxylic acids is 2. The fourth-order valence-electron chi connectivity index (χ4n) is 1.25. The average molecular weight is 265 g/mol. The summed E-state index contributed by atoms with van der Waals surface area (Å²) < 4.78 is 0. The van der Waals surface area contributed by atoms with Crippen LogP contribution in [0.1, 0.15) is 26.2 Å². The van der Waals surface area contributed by atoms with Gasteiger partial charge in [-0.2, -0.15) is 0 Å². The molecule has 1 atom stereocenters. The molecule has 0 aliphatic rings. The van der Waals surface area contributed by atoms with E-state index in [1.165, 1.54) is 6.92 Å². The van der Waals surface area contributed by atoms with E-state index in [1.54, 1.807) is 0 Å². The zero-order valence-corrected chi connectivity index (χ0v) is 10.4. The molecule has 0 saturated carbocycles. The Morgan fingerprint density at radius 3 is 2.41 bits per heavy atom. The number of halogens is 1. The summed E-state index contributed by atoms with van der Waals surface area (Å²) in [6, 6.07) is -0.865. The first kappa shape index (κ1) is 15.7. The molecule has 7 heteroatoms. The summed E-state index contributed by atoms with van der Waals surface area (Å²) in [5.41, 5.74) is 0. The Bertz CT molecular complexity index is 283. The SMILES string of the molecule is CC(=O)NC(CCCCNC(=O)CCl)C(=O)O. The lowest BCUT2D eigenvalue weighted by atomic mass is 10.1. The van der Waals surface area contributed by atoms with Crippen molar-refractivity contribution in [2.24, 2.45) is 0 Å². The van der Waals surface area contributed by atoms with Gasteiger partial charge in [-0.25, -0.2) is 4.79 Å². The Hall–Kier alpha value is -1.30. The number of nitrogens with one attached hydrogen (secondary N) is 2. The van der Waals surface area contributed by atoms with Crippen LogP contribution >= 0.6 is 11.6 Å². The van der Waals surface area contributed by atoms with Crippen molar-refractivity contribution in [2.45, 2.75) is 32.2 Å². The topological polar surface area (TPSA) is 95.5 Å². The van der Waals surface area contributed by atoms with Gasteiger partial charge in [0.1, 0.15) is 11.9 Å². The minimum atomic E-state index is -1.05. The van der Waals surface area contributed by atoms with Gasteiger partial charge in [0.2, 0.25) is 11.8 Å². The summed E-state index contributed by atoms with van der Waals surface area (Å²) in [7, 11) is 0. The van der Waals surface area contributed by atoms with E-state index in [9.17, 15) is 14.4 Å². The Balaban J connectivity index is 3.72. The van der Waals surface area contributed by atoms with Crippen molar-refractivity contribution >= 4 is 29.4 Å². The number of hydrogen-bond acceptors (Lipinski definition) is 3. The average Bonchev–Trinajstić information content (AvgIpc) is 2.25. The Morgan fingerprint density at radius 2 is 1.94 bits per heavy atom. The van der Waals surface area contributed by atoms with Crippen LogP contribution in [0.2, 0.25) is 0 Å². The first-order chi connectivity index (χ1) is 7.97. The van der Waals surface area contributed by atoms with Gasteiger partial charge in [-0.05, 0) is 19.3 Å². The van der Waals surface area contributed by atoms with Gasteiger partial charge in [0.05, 0.1) is 0 Å². The molecule has 0 aromatic rings. The van der Waals surface area contributed by atoms with Gasteiger partial charge in [0, 0.05) is 13.5 Å². The summed E-state index contributed by atoms with van der Waals surface area (Å²) in [6.45, 7) is 1.73. The van der Waals surface area contributed by atoms with Gasteiger partial charge >= 0.3 is 5.97 Å². The molecule has 0 aliphatic carbocycles. The number of alkyl halides is 1. The molecule has 0 fully saturated rings. The normalized spacial score (nSPS) is 11.6. The number of rotatable bonds is 8. The number of hydrogen-bond donors (Lipinski definition) is 3. The van der Waals surface area contributed by atoms with Gasteiger partial charge < -0.3 is 15.7 Å². The van der Waals surface area contributed by atoms with E-state index in [4.69, 9.17) is 16.7 Å². The molecule has 0 bridgehead atoms. The zero-order valence-electron chi connectivity index (χ0n) is 9.66. The summed E-state index contributed by atoms with van der Waals surface area (Å²) >= 11 is 5.28. The predicted molar refractivity (Wildman–Crippen MR) is 62.8 cm³/mol. The second-order valence-electron chi connectivity index (χ2n) is 3.57. The van der Waals surface area contributed by atoms with Crippen LogP contribution in [-0.2, 0) is 14.4 Å². The number of carboxylic acids is 1. The highest BCUT2D eigenvalue weighted by Crippen LogP contribution is 2.01. The zero-order chi connectivity index (χ0) is 13.3. The third-order valence-corrected chi connectivity index (χ3v) is 2.28. The molecule has 0 aliphatic heterocycles. The van der Waals surface area contributed by atoms with Crippen molar-refractivity contribution in [1.82, 2.24) is 10.6 Å². The summed E-state index contributed by atoms with van der Waals surface area (Å²) in [5, 5.41) is 13.7. The maximum atomic E-state index is 10.8. The lowest BCUT2D eigenvalue weighted by molar-refractivity contribution is -0.141. The Kier molecular flexibility index (Phi) is 8.13. The van der Waals surface area contributed by atoms with E-state index in [1.807, 2.05) is 0 Å². The first-order valence-electron chi connectivity index (χ1n) is 5.30. The minimum Gasteiger partial charge on any atom is -0.480 e. The van der Waals surface area contributed by atoms with Gasteiger partial charge in [-0.15, -0.1) is 11.6 Å². The third kappa shape index (κ3) is 8.50. The Morgan fingerprint density at radius 1 is 1.29 bits per heavy atom. The van der Waals surface area contributed by atoms with Gasteiger partial charge in [-0.3, -0.25) is 9.59 Å². The van der Waals surface area contributed by atoms with Crippen molar-refractivity contribution < 1.29 is 19.5 Å². The van der Waals surface area contributed by atoms with Crippen LogP contribution in [0.5, 0.6) is 0 Å². The number of amides is 2. The lowest BCUT2D eigenvalue weighted by Gasteiger charge is -2.12. The van der Waals surface area contributed by atoms with E-state index in [2.05, 4.69) is 10.6 Å². The van der Waals surface area contributed by atoms with Crippen molar-refractivity contribution in [1.29, 1.82) is 0 Å². The molecule has 0 aromatic carbocycles. The molecule has 0 saturated heterocycles. The van der Waals surface area contributed by atoms with E-state index in [-0.39, 0.29) is 17.7 Å². The highest BCUT2D eigenvalue weighted by molar-refractivity contribution is 6.27. The molecule has 0 rings (SSSR count). The summed E-state index contributed by atoms with van der Waals surface area (Å²) in [5.74, 6) is -1.75. The quantitative estimate of drug-likeness (QED) is 0.428. The number of carboxylic acid groups (broad SMARTS) is 1. The smallest absolute Gasteiger partial charge is 0.326 e. The van der Waals surface area contributed by atoms with Gasteiger partial charge in [-0.1, -0.05) is 0 Å². The highest BCUT2D eigenvalue weighted by Gasteiger charge is 2.17. The monoisotopic (exact) mass is 264 g/mol. The second kappa shape index (κ2) is 8.81. The molecule has 17 heavy (non-hydrogen) atoms. The summed E-state index contributed by atoms with van der Waals surface area (Å²) in [6.07, 6.45) is 1.58. The maximum Gasteiger partial charge on any atom is 0.326 e. The van der Waals surface area contributed by atoms with Crippen molar-refractivity contribution in [3.63, 3.8) is 0 Å². The molecule has 98 valence electrons. The molecule has 6 nitrogen and oxygen atoms in total.